The molecule has 0 aliphatic heterocycles. The van der Waals surface area contributed by atoms with Gasteiger partial charge in [0.05, 0.1) is 12.1 Å². The zero-order valence-electron chi connectivity index (χ0n) is 13.6. The van der Waals surface area contributed by atoms with Crippen LogP contribution in [0.15, 0.2) is 63.8 Å². The van der Waals surface area contributed by atoms with E-state index in [1.54, 1.807) is 6.07 Å². The second kappa shape index (κ2) is 5.33. The van der Waals surface area contributed by atoms with Gasteiger partial charge in [-0.15, -0.1) is 0 Å². The van der Waals surface area contributed by atoms with E-state index < -0.39 is 11.0 Å². The Balaban J connectivity index is 1.97. The van der Waals surface area contributed by atoms with E-state index in [1.165, 1.54) is 6.07 Å². The summed E-state index contributed by atoms with van der Waals surface area (Å²) in [5.74, 6) is -0.604. The van der Waals surface area contributed by atoms with Gasteiger partial charge in [0.15, 0.2) is 5.41 Å². The average molecular weight is 326 g/mol. The first-order chi connectivity index (χ1) is 12.1. The molecule has 1 aliphatic carbocycles. The van der Waals surface area contributed by atoms with Crippen LogP contribution in [0, 0.1) is 35.0 Å². The number of aryl methyl sites for hydroxylation is 1. The van der Waals surface area contributed by atoms with Crippen LogP contribution in [0.25, 0.3) is 11.0 Å². The first-order valence-corrected chi connectivity index (χ1v) is 8.02. The van der Waals surface area contributed by atoms with Crippen LogP contribution >= 0.6 is 0 Å². The largest absolute Gasteiger partial charge is 0.423 e. The van der Waals surface area contributed by atoms with Gasteiger partial charge in [0.1, 0.15) is 5.58 Å². The van der Waals surface area contributed by atoms with Crippen LogP contribution in [0.5, 0.6) is 0 Å². The number of fused-ring (bicyclic) bond motifs is 1. The van der Waals surface area contributed by atoms with Crippen LogP contribution in [0.2, 0.25) is 0 Å². The quantitative estimate of drug-likeness (QED) is 0.666. The Bertz CT molecular complexity index is 1100. The molecular formula is C21H14N2O2. The van der Waals surface area contributed by atoms with Crippen molar-refractivity contribution in [2.45, 2.75) is 18.8 Å². The Hall–Kier alpha value is -3.37. The lowest BCUT2D eigenvalue weighted by Gasteiger charge is -2.06. The summed E-state index contributed by atoms with van der Waals surface area (Å²) in [6, 6.07) is 20.9. The minimum atomic E-state index is -1.16. The maximum atomic E-state index is 12.0. The van der Waals surface area contributed by atoms with E-state index in [9.17, 15) is 15.3 Å². The number of rotatable bonds is 2. The molecule has 2 unspecified atom stereocenters. The lowest BCUT2D eigenvalue weighted by Crippen LogP contribution is -2.03. The molecular weight excluding hydrogens is 312 g/mol. The molecule has 1 fully saturated rings. The monoisotopic (exact) mass is 326 g/mol. The van der Waals surface area contributed by atoms with Crippen LogP contribution < -0.4 is 5.63 Å². The van der Waals surface area contributed by atoms with Gasteiger partial charge in [-0.3, -0.25) is 0 Å². The number of nitriles is 2. The summed E-state index contributed by atoms with van der Waals surface area (Å²) in [5.41, 5.74) is 1.54. The van der Waals surface area contributed by atoms with Gasteiger partial charge in [-0.25, -0.2) is 4.79 Å². The van der Waals surface area contributed by atoms with E-state index in [4.69, 9.17) is 4.42 Å². The zero-order chi connectivity index (χ0) is 17.6. The molecule has 2 atom stereocenters. The molecule has 1 aromatic heterocycles. The summed E-state index contributed by atoms with van der Waals surface area (Å²) in [6.07, 6.45) is 0. The average Bonchev–Trinajstić information content (AvgIpc) is 3.31. The molecule has 3 aromatic rings. The Morgan fingerprint density at radius 1 is 1.00 bits per heavy atom. The minimum absolute atomic E-state index is 0.255. The molecule has 25 heavy (non-hydrogen) atoms. The number of nitrogens with zero attached hydrogens (tertiary/aromatic N) is 2. The third kappa shape index (κ3) is 2.16. The fourth-order valence-electron chi connectivity index (χ4n) is 3.79. The van der Waals surface area contributed by atoms with Crippen molar-refractivity contribution in [3.8, 4) is 12.1 Å². The second-order valence-corrected chi connectivity index (χ2v) is 6.48. The molecule has 1 saturated carbocycles. The van der Waals surface area contributed by atoms with Gasteiger partial charge in [0.25, 0.3) is 0 Å². The van der Waals surface area contributed by atoms with Crippen molar-refractivity contribution in [1.29, 1.82) is 10.5 Å². The number of hydrogen-bond donors (Lipinski definition) is 0. The van der Waals surface area contributed by atoms with Gasteiger partial charge in [0.2, 0.25) is 0 Å². The van der Waals surface area contributed by atoms with Crippen LogP contribution in [0.3, 0.4) is 0 Å². The SMILES string of the molecule is Cc1ccc2oc(=O)cc(C3C(c4ccccc4)C3(C#N)C#N)c2c1. The van der Waals surface area contributed by atoms with Crippen molar-refractivity contribution in [2.24, 2.45) is 5.41 Å². The zero-order valence-corrected chi connectivity index (χ0v) is 13.6. The summed E-state index contributed by atoms with van der Waals surface area (Å²) in [5, 5.41) is 20.3. The van der Waals surface area contributed by atoms with Gasteiger partial charge < -0.3 is 4.42 Å². The van der Waals surface area contributed by atoms with Gasteiger partial charge >= 0.3 is 5.63 Å². The molecule has 4 nitrogen and oxygen atoms in total. The molecule has 0 amide bonds. The third-order valence-electron chi connectivity index (χ3n) is 5.00. The van der Waals surface area contributed by atoms with Crippen LogP contribution in [0.4, 0.5) is 0 Å². The lowest BCUT2D eigenvalue weighted by atomic mass is 9.98. The van der Waals surface area contributed by atoms with Gasteiger partial charge in [0, 0.05) is 23.3 Å². The molecule has 1 heterocycles. The van der Waals surface area contributed by atoms with Gasteiger partial charge in [-0.1, -0.05) is 42.0 Å². The third-order valence-corrected chi connectivity index (χ3v) is 5.00. The Kier molecular flexibility index (Phi) is 3.23. The molecule has 2 aromatic carbocycles. The molecule has 0 bridgehead atoms. The van der Waals surface area contributed by atoms with Crippen molar-refractivity contribution in [1.82, 2.24) is 0 Å². The van der Waals surface area contributed by atoms with E-state index in [2.05, 4.69) is 12.1 Å². The van der Waals surface area contributed by atoms with Crippen molar-refractivity contribution in [2.75, 3.05) is 0 Å². The Morgan fingerprint density at radius 2 is 1.72 bits per heavy atom. The fourth-order valence-corrected chi connectivity index (χ4v) is 3.79. The highest BCUT2D eigenvalue weighted by Gasteiger charge is 2.68. The summed E-state index contributed by atoms with van der Waals surface area (Å²) >= 11 is 0. The Morgan fingerprint density at radius 3 is 2.40 bits per heavy atom. The predicted molar refractivity (Wildman–Crippen MR) is 92.8 cm³/mol. The summed E-state index contributed by atoms with van der Waals surface area (Å²) in [7, 11) is 0. The lowest BCUT2D eigenvalue weighted by molar-refractivity contribution is 0.558. The topological polar surface area (TPSA) is 77.8 Å². The highest BCUT2D eigenvalue weighted by Crippen LogP contribution is 2.70. The molecule has 4 heteroatoms. The molecule has 1 aliphatic rings. The van der Waals surface area contributed by atoms with Crippen molar-refractivity contribution < 1.29 is 4.42 Å². The smallest absolute Gasteiger partial charge is 0.336 e. The van der Waals surface area contributed by atoms with E-state index >= 15 is 0 Å². The molecule has 4 rings (SSSR count). The summed E-state index contributed by atoms with van der Waals surface area (Å²) in [6.45, 7) is 1.96. The van der Waals surface area contributed by atoms with Crippen LogP contribution in [-0.4, -0.2) is 0 Å². The van der Waals surface area contributed by atoms with E-state index in [0.717, 1.165) is 16.5 Å². The Labute approximate surface area is 144 Å². The number of hydrogen-bond acceptors (Lipinski definition) is 4. The maximum absolute atomic E-state index is 12.0. The predicted octanol–water partition coefficient (Wildman–Crippen LogP) is 4.02. The molecule has 120 valence electrons. The van der Waals surface area contributed by atoms with Crippen LogP contribution in [0.1, 0.15) is 28.5 Å². The maximum Gasteiger partial charge on any atom is 0.336 e. The normalized spacial score (nSPS) is 20.6. The standard InChI is InChI=1S/C21H14N2O2/c1-13-7-8-17-15(9-13)16(10-18(24)25-17)20-19(21(20,11-22)12-23)14-5-3-2-4-6-14/h2-10,19-20H,1H3. The highest BCUT2D eigenvalue weighted by molar-refractivity contribution is 5.83. The van der Waals surface area contributed by atoms with Crippen molar-refractivity contribution in [3.05, 3.63) is 81.7 Å². The van der Waals surface area contributed by atoms with Crippen LogP contribution in [-0.2, 0) is 0 Å². The first kappa shape index (κ1) is 15.2. The summed E-state index contributed by atoms with van der Waals surface area (Å²) < 4.78 is 5.29. The molecule has 0 saturated heterocycles. The summed E-state index contributed by atoms with van der Waals surface area (Å²) in [4.78, 5) is 12.0. The minimum Gasteiger partial charge on any atom is -0.423 e. The van der Waals surface area contributed by atoms with E-state index in [-0.39, 0.29) is 11.8 Å². The molecule has 0 spiro atoms. The highest BCUT2D eigenvalue weighted by atomic mass is 16.4. The molecule has 0 radical (unpaired) electrons. The van der Waals surface area contributed by atoms with Gasteiger partial charge in [-0.05, 0) is 30.2 Å². The first-order valence-electron chi connectivity index (χ1n) is 8.02. The van der Waals surface area contributed by atoms with Gasteiger partial charge in [-0.2, -0.15) is 10.5 Å². The second-order valence-electron chi connectivity index (χ2n) is 6.48. The number of benzene rings is 2. The molecule has 0 N–H and O–H groups in total. The van der Waals surface area contributed by atoms with E-state index in [1.807, 2.05) is 49.4 Å². The fraction of sp³-hybridized carbons (Fsp3) is 0.190. The van der Waals surface area contributed by atoms with E-state index in [0.29, 0.717) is 11.1 Å². The van der Waals surface area contributed by atoms with Crippen molar-refractivity contribution in [3.63, 3.8) is 0 Å². The van der Waals surface area contributed by atoms with Crippen molar-refractivity contribution >= 4 is 11.0 Å².